The largest absolute Gasteiger partial charge is 0.494 e. The molecule has 0 unspecified atom stereocenters. The molecule has 0 atom stereocenters. The summed E-state index contributed by atoms with van der Waals surface area (Å²) in [4.78, 5) is 6.86. The van der Waals surface area contributed by atoms with Crippen LogP contribution in [0.25, 0.3) is 0 Å². The maximum atomic E-state index is 6.24. The van der Waals surface area contributed by atoms with Crippen LogP contribution < -0.4 is 10.5 Å². The highest BCUT2D eigenvalue weighted by atomic mass is 16.5. The molecule has 138 valence electrons. The van der Waals surface area contributed by atoms with Crippen LogP contribution in [-0.4, -0.2) is 63.5 Å². The molecule has 0 aliphatic carbocycles. The number of morpholine rings is 1. The van der Waals surface area contributed by atoms with Crippen molar-refractivity contribution in [3.63, 3.8) is 0 Å². The second-order valence-corrected chi connectivity index (χ2v) is 6.62. The van der Waals surface area contributed by atoms with Gasteiger partial charge in [-0.15, -0.1) is 0 Å². The molecule has 1 aromatic carbocycles. The lowest BCUT2D eigenvalue weighted by molar-refractivity contribution is 0.0524. The first kappa shape index (κ1) is 18.0. The van der Waals surface area contributed by atoms with E-state index in [0.717, 1.165) is 44.9 Å². The van der Waals surface area contributed by atoms with Gasteiger partial charge < -0.3 is 24.8 Å². The second-order valence-electron chi connectivity index (χ2n) is 6.62. The molecule has 2 aliphatic rings. The van der Waals surface area contributed by atoms with Gasteiger partial charge in [0.1, 0.15) is 5.75 Å². The number of hydrogen-bond acceptors (Lipinski definition) is 4. The SMILES string of the molecule is CCOc1ccc(C2(CN=C(N)N3CCOCC3)CCOCC2)cc1. The van der Waals surface area contributed by atoms with Crippen molar-refractivity contribution in [2.45, 2.75) is 25.2 Å². The van der Waals surface area contributed by atoms with Crippen LogP contribution in [0, 0.1) is 0 Å². The van der Waals surface area contributed by atoms with E-state index in [1.807, 2.05) is 19.1 Å². The Balaban J connectivity index is 1.76. The molecule has 25 heavy (non-hydrogen) atoms. The zero-order valence-corrected chi connectivity index (χ0v) is 15.1. The van der Waals surface area contributed by atoms with Crippen LogP contribution in [0.1, 0.15) is 25.3 Å². The van der Waals surface area contributed by atoms with Crippen LogP contribution >= 0.6 is 0 Å². The van der Waals surface area contributed by atoms with Gasteiger partial charge >= 0.3 is 0 Å². The number of nitrogens with two attached hydrogens (primary N) is 1. The Morgan fingerprint density at radius 2 is 1.76 bits per heavy atom. The van der Waals surface area contributed by atoms with Gasteiger partial charge in [0, 0.05) is 31.7 Å². The Morgan fingerprint density at radius 1 is 1.12 bits per heavy atom. The van der Waals surface area contributed by atoms with E-state index in [1.54, 1.807) is 0 Å². The molecule has 0 saturated carbocycles. The Labute approximate surface area is 149 Å². The van der Waals surface area contributed by atoms with Crippen LogP contribution in [0.2, 0.25) is 0 Å². The minimum atomic E-state index is -0.0140. The molecule has 0 spiro atoms. The highest BCUT2D eigenvalue weighted by Gasteiger charge is 2.34. The van der Waals surface area contributed by atoms with Crippen molar-refractivity contribution in [2.75, 3.05) is 52.7 Å². The summed E-state index contributed by atoms with van der Waals surface area (Å²) in [5.41, 5.74) is 7.51. The molecule has 1 aromatic rings. The summed E-state index contributed by atoms with van der Waals surface area (Å²) < 4.78 is 16.6. The summed E-state index contributed by atoms with van der Waals surface area (Å²) in [6.07, 6.45) is 1.92. The van der Waals surface area contributed by atoms with Crippen LogP contribution in [0.15, 0.2) is 29.3 Å². The zero-order chi connectivity index (χ0) is 17.5. The minimum Gasteiger partial charge on any atom is -0.494 e. The van der Waals surface area contributed by atoms with Crippen LogP contribution in [0.5, 0.6) is 5.75 Å². The van der Waals surface area contributed by atoms with Gasteiger partial charge in [-0.05, 0) is 37.5 Å². The van der Waals surface area contributed by atoms with Gasteiger partial charge in [-0.3, -0.25) is 4.99 Å². The fourth-order valence-electron chi connectivity index (χ4n) is 3.50. The molecule has 2 saturated heterocycles. The number of nitrogens with zero attached hydrogens (tertiary/aromatic N) is 2. The van der Waals surface area contributed by atoms with Crippen LogP contribution in [0.4, 0.5) is 0 Å². The molecule has 2 fully saturated rings. The molecule has 6 heteroatoms. The van der Waals surface area contributed by atoms with Crippen molar-refractivity contribution in [2.24, 2.45) is 10.7 Å². The minimum absolute atomic E-state index is 0.0140. The number of ether oxygens (including phenoxy) is 3. The fourth-order valence-corrected chi connectivity index (χ4v) is 3.50. The monoisotopic (exact) mass is 347 g/mol. The van der Waals surface area contributed by atoms with E-state index < -0.39 is 0 Å². The average molecular weight is 347 g/mol. The van der Waals surface area contributed by atoms with Crippen molar-refractivity contribution in [3.05, 3.63) is 29.8 Å². The van der Waals surface area contributed by atoms with Crippen LogP contribution in [0.3, 0.4) is 0 Å². The smallest absolute Gasteiger partial charge is 0.191 e. The summed E-state index contributed by atoms with van der Waals surface area (Å²) in [5.74, 6) is 1.53. The molecule has 6 nitrogen and oxygen atoms in total. The lowest BCUT2D eigenvalue weighted by atomic mass is 9.74. The van der Waals surface area contributed by atoms with E-state index >= 15 is 0 Å². The molecular weight excluding hydrogens is 318 g/mol. The first-order valence-electron chi connectivity index (χ1n) is 9.17. The molecule has 0 aromatic heterocycles. The quantitative estimate of drug-likeness (QED) is 0.649. The number of benzene rings is 1. The highest BCUT2D eigenvalue weighted by Crippen LogP contribution is 2.36. The Bertz CT molecular complexity index is 562. The average Bonchev–Trinajstić information content (AvgIpc) is 2.68. The zero-order valence-electron chi connectivity index (χ0n) is 15.1. The predicted octanol–water partition coefficient (Wildman–Crippen LogP) is 1.78. The topological polar surface area (TPSA) is 69.3 Å². The molecule has 0 amide bonds. The number of rotatable bonds is 5. The van der Waals surface area contributed by atoms with Crippen molar-refractivity contribution in [3.8, 4) is 5.75 Å². The third kappa shape index (κ3) is 4.44. The predicted molar refractivity (Wildman–Crippen MR) is 98.2 cm³/mol. The second kappa shape index (κ2) is 8.54. The van der Waals surface area contributed by atoms with Crippen molar-refractivity contribution < 1.29 is 14.2 Å². The van der Waals surface area contributed by atoms with Gasteiger partial charge in [-0.25, -0.2) is 0 Å². The standard InChI is InChI=1S/C19H29N3O3/c1-2-25-17-5-3-16(4-6-17)19(7-11-23-12-8-19)15-21-18(20)22-9-13-24-14-10-22/h3-6H,2,7-15H2,1H3,(H2,20,21). The molecule has 2 aliphatic heterocycles. The van der Waals surface area contributed by atoms with Gasteiger partial charge in [-0.2, -0.15) is 0 Å². The van der Waals surface area contributed by atoms with Gasteiger partial charge in [0.15, 0.2) is 5.96 Å². The summed E-state index contributed by atoms with van der Waals surface area (Å²) in [6, 6.07) is 8.42. The lowest BCUT2D eigenvalue weighted by Crippen LogP contribution is -2.46. The van der Waals surface area contributed by atoms with E-state index in [-0.39, 0.29) is 5.41 Å². The van der Waals surface area contributed by atoms with E-state index in [1.165, 1.54) is 5.56 Å². The van der Waals surface area contributed by atoms with Gasteiger partial charge in [0.05, 0.1) is 26.4 Å². The normalized spacial score (nSPS) is 21.2. The van der Waals surface area contributed by atoms with E-state index in [4.69, 9.17) is 24.9 Å². The Kier molecular flexibility index (Phi) is 6.15. The van der Waals surface area contributed by atoms with Gasteiger partial charge in [0.25, 0.3) is 0 Å². The van der Waals surface area contributed by atoms with Crippen LogP contribution in [-0.2, 0) is 14.9 Å². The van der Waals surface area contributed by atoms with Gasteiger partial charge in [0.2, 0.25) is 0 Å². The number of aliphatic imine (C=N–C) groups is 1. The number of guanidine groups is 1. The van der Waals surface area contributed by atoms with E-state index in [9.17, 15) is 0 Å². The summed E-state index contributed by atoms with van der Waals surface area (Å²) in [5, 5.41) is 0. The molecule has 0 radical (unpaired) electrons. The fraction of sp³-hybridized carbons (Fsp3) is 0.632. The molecule has 0 bridgehead atoms. The first-order valence-corrected chi connectivity index (χ1v) is 9.17. The van der Waals surface area contributed by atoms with Crippen molar-refractivity contribution >= 4 is 5.96 Å². The van der Waals surface area contributed by atoms with Crippen molar-refractivity contribution in [1.29, 1.82) is 0 Å². The highest BCUT2D eigenvalue weighted by molar-refractivity contribution is 5.78. The number of hydrogen-bond donors (Lipinski definition) is 1. The first-order chi connectivity index (χ1) is 12.2. The summed E-state index contributed by atoms with van der Waals surface area (Å²) in [7, 11) is 0. The molecule has 2 heterocycles. The third-order valence-electron chi connectivity index (χ3n) is 5.11. The third-order valence-corrected chi connectivity index (χ3v) is 5.11. The van der Waals surface area contributed by atoms with Crippen molar-refractivity contribution in [1.82, 2.24) is 4.90 Å². The van der Waals surface area contributed by atoms with Gasteiger partial charge in [-0.1, -0.05) is 12.1 Å². The maximum Gasteiger partial charge on any atom is 0.191 e. The lowest BCUT2D eigenvalue weighted by Gasteiger charge is -2.37. The van der Waals surface area contributed by atoms with E-state index in [2.05, 4.69) is 17.0 Å². The Hall–Kier alpha value is -1.79. The molecular formula is C19H29N3O3. The molecule has 3 rings (SSSR count). The summed E-state index contributed by atoms with van der Waals surface area (Å²) in [6.45, 7) is 7.95. The van der Waals surface area contributed by atoms with E-state index in [0.29, 0.717) is 32.3 Å². The maximum absolute atomic E-state index is 6.24. The summed E-state index contributed by atoms with van der Waals surface area (Å²) >= 11 is 0. The Morgan fingerprint density at radius 3 is 2.40 bits per heavy atom. The molecule has 2 N–H and O–H groups in total.